The monoisotopic (exact) mass is 796 g/mol. The van der Waals surface area contributed by atoms with Crippen molar-refractivity contribution in [3.05, 3.63) is 35.4 Å². The van der Waals surface area contributed by atoms with Crippen LogP contribution in [0.15, 0.2) is 24.3 Å². The number of likely N-dealkylation sites (tertiary alicyclic amines) is 1. The predicted molar refractivity (Wildman–Crippen MR) is 198 cm³/mol. The summed E-state index contributed by atoms with van der Waals surface area (Å²) in [6.07, 6.45) is -4.74. The second-order valence-electron chi connectivity index (χ2n) is 17.3. The zero-order chi connectivity index (χ0) is 40.8. The van der Waals surface area contributed by atoms with Crippen molar-refractivity contribution >= 4 is 39.6 Å². The smallest absolute Gasteiger partial charge is 0.347 e. The second kappa shape index (κ2) is 15.7. The van der Waals surface area contributed by atoms with E-state index in [0.717, 1.165) is 11.1 Å². The van der Waals surface area contributed by atoms with Crippen molar-refractivity contribution in [3.63, 3.8) is 0 Å². The molecular formula is C38H55F3N6O7S. The molecule has 4 aliphatic rings. The van der Waals surface area contributed by atoms with Crippen molar-refractivity contribution < 1.29 is 45.6 Å². The Kier molecular flexibility index (Phi) is 12.1. The van der Waals surface area contributed by atoms with Crippen molar-refractivity contribution in [1.29, 1.82) is 0 Å². The Morgan fingerprint density at radius 1 is 0.982 bits per heavy atom. The number of hydrogen-bond donors (Lipinski definition) is 4. The Morgan fingerprint density at radius 2 is 1.58 bits per heavy atom. The van der Waals surface area contributed by atoms with Crippen molar-refractivity contribution in [2.24, 2.45) is 28.6 Å². The number of amides is 5. The van der Waals surface area contributed by atoms with E-state index in [-0.39, 0.29) is 36.7 Å². The molecule has 0 bridgehead atoms. The van der Waals surface area contributed by atoms with Crippen molar-refractivity contribution in [3.8, 4) is 0 Å². The number of piperidine rings is 1. The van der Waals surface area contributed by atoms with E-state index in [9.17, 15) is 45.6 Å². The lowest BCUT2D eigenvalue weighted by Crippen LogP contribution is -2.62. The molecule has 5 amide bonds. The number of urea groups is 1. The van der Waals surface area contributed by atoms with Crippen LogP contribution in [0, 0.1) is 28.6 Å². The largest absolute Gasteiger partial charge is 0.389 e. The van der Waals surface area contributed by atoms with Gasteiger partial charge in [0.05, 0.1) is 11.8 Å². The molecule has 306 valence electrons. The van der Waals surface area contributed by atoms with Crippen LogP contribution in [0.1, 0.15) is 78.4 Å². The van der Waals surface area contributed by atoms with Crippen LogP contribution < -0.4 is 21.3 Å². The lowest BCUT2D eigenvalue weighted by molar-refractivity contribution is -0.147. The van der Waals surface area contributed by atoms with Gasteiger partial charge in [-0.25, -0.2) is 17.5 Å². The Morgan fingerprint density at radius 3 is 2.11 bits per heavy atom. The molecule has 0 radical (unpaired) electrons. The van der Waals surface area contributed by atoms with Gasteiger partial charge in [-0.05, 0) is 78.7 Å². The van der Waals surface area contributed by atoms with Gasteiger partial charge in [0.15, 0.2) is 0 Å². The first-order chi connectivity index (χ1) is 25.4. The summed E-state index contributed by atoms with van der Waals surface area (Å²) in [4.78, 5) is 70.0. The van der Waals surface area contributed by atoms with Crippen molar-refractivity contribution in [2.75, 3.05) is 25.9 Å². The highest BCUT2D eigenvalue weighted by atomic mass is 32.2. The van der Waals surface area contributed by atoms with Crippen LogP contribution in [-0.2, 0) is 42.0 Å². The van der Waals surface area contributed by atoms with E-state index < -0.39 is 99.5 Å². The molecule has 2 saturated carbocycles. The zero-order valence-electron chi connectivity index (χ0n) is 32.6. The number of benzene rings is 1. The number of halogens is 3. The van der Waals surface area contributed by atoms with Crippen LogP contribution in [0.3, 0.4) is 0 Å². The number of alkyl halides is 3. The molecule has 3 aliphatic carbocycles. The normalized spacial score (nSPS) is 23.6. The van der Waals surface area contributed by atoms with Crippen LogP contribution in [0.5, 0.6) is 0 Å². The van der Waals surface area contributed by atoms with Crippen LogP contribution in [0.2, 0.25) is 0 Å². The van der Waals surface area contributed by atoms with E-state index in [2.05, 4.69) is 21.3 Å². The zero-order valence-corrected chi connectivity index (χ0v) is 33.4. The number of ketones is 1. The third-order valence-electron chi connectivity index (χ3n) is 12.0. The number of likely N-dealkylation sites (N-methyl/N-ethyl adjacent to an activating group) is 1. The van der Waals surface area contributed by atoms with E-state index >= 15 is 0 Å². The summed E-state index contributed by atoms with van der Waals surface area (Å²) in [7, 11) is -2.14. The Labute approximate surface area is 321 Å². The van der Waals surface area contributed by atoms with Gasteiger partial charge >= 0.3 is 12.2 Å². The maximum absolute atomic E-state index is 14.8. The fourth-order valence-electron chi connectivity index (χ4n) is 8.15. The van der Waals surface area contributed by atoms with Gasteiger partial charge in [-0.2, -0.15) is 13.2 Å². The van der Waals surface area contributed by atoms with Gasteiger partial charge in [0.1, 0.15) is 12.1 Å². The number of carbonyl (C=O) groups is 5. The first kappa shape index (κ1) is 42.4. The Bertz CT molecular complexity index is 1750. The predicted octanol–water partition coefficient (Wildman–Crippen LogP) is 2.92. The molecule has 17 heteroatoms. The second-order valence-corrected chi connectivity index (χ2v) is 19.7. The van der Waals surface area contributed by atoms with Crippen LogP contribution in [0.4, 0.5) is 18.0 Å². The quantitative estimate of drug-likeness (QED) is 0.198. The molecule has 5 rings (SSSR count). The highest BCUT2D eigenvalue weighted by Crippen LogP contribution is 2.65. The fourth-order valence-corrected chi connectivity index (χ4v) is 8.96. The average Bonchev–Trinajstić information content (AvgIpc) is 3.84. The molecule has 0 aromatic heterocycles. The number of sulfonamides is 1. The molecule has 4 N–H and O–H groups in total. The third kappa shape index (κ3) is 9.81. The molecule has 6 atom stereocenters. The molecular weight excluding hydrogens is 742 g/mol. The summed E-state index contributed by atoms with van der Waals surface area (Å²) in [5, 5.41) is 10.7. The van der Waals surface area contributed by atoms with Gasteiger partial charge in [-0.1, -0.05) is 58.9 Å². The number of nitrogens with one attached hydrogen (secondary N) is 4. The number of nitrogens with zero attached hydrogens (tertiary/aromatic N) is 2. The molecule has 1 unspecified atom stereocenters. The molecule has 3 fully saturated rings. The molecule has 55 heavy (non-hydrogen) atoms. The van der Waals surface area contributed by atoms with E-state index in [1.54, 1.807) is 0 Å². The SMILES string of the molecule is CCS(=O)(=O)N(C)C[C@@H](NC(=O)N[C@H](C(=O)N1C[C@H]2[C@@H]([C@H]1C(=O)NC(CCC(F)(F)F)C(=O)C(=O)NC1CC1)C2(C)C)C1Cc2ccccc2C1)C(C)(C)C. The Hall–Kier alpha value is -3.73. The molecule has 1 aromatic carbocycles. The first-order valence-electron chi connectivity index (χ1n) is 19.0. The van der Waals surface area contributed by atoms with E-state index in [1.165, 1.54) is 23.2 Å². The number of carbonyl (C=O) groups excluding carboxylic acids is 5. The highest BCUT2D eigenvalue weighted by molar-refractivity contribution is 7.89. The number of rotatable bonds is 15. The minimum Gasteiger partial charge on any atom is -0.347 e. The first-order valence-corrected chi connectivity index (χ1v) is 20.7. The molecule has 13 nitrogen and oxygen atoms in total. The average molecular weight is 797 g/mol. The molecule has 0 spiro atoms. The van der Waals surface area contributed by atoms with E-state index in [4.69, 9.17) is 0 Å². The van der Waals surface area contributed by atoms with Crippen molar-refractivity contribution in [1.82, 2.24) is 30.5 Å². The maximum Gasteiger partial charge on any atom is 0.389 e. The standard InChI is InChI=1S/C38H55F3N6O7S/c1-8-55(53,54)46(7)20-27(36(2,3)4)44-35(52)45-29(23-17-21-11-9-10-12-22(21)18-23)34(51)47-19-25-28(37(25,5)6)30(47)32(49)43-26(15-16-38(39,40)41)31(48)33(50)42-24-13-14-24/h9-12,23-30H,8,13-20H2,1-7H3,(H,42,50)(H,43,49)(H2,44,45,52)/t25-,26?,27+,28-,29-,30-/m0/s1. The van der Waals surface area contributed by atoms with Gasteiger partial charge in [-0.15, -0.1) is 0 Å². The summed E-state index contributed by atoms with van der Waals surface area (Å²) in [6, 6.07) is 1.95. The molecule has 1 aromatic rings. The summed E-state index contributed by atoms with van der Waals surface area (Å²) >= 11 is 0. The van der Waals surface area contributed by atoms with Gasteiger partial charge in [-0.3, -0.25) is 19.2 Å². The van der Waals surface area contributed by atoms with E-state index in [0.29, 0.717) is 25.7 Å². The van der Waals surface area contributed by atoms with Gasteiger partial charge in [0.25, 0.3) is 5.91 Å². The van der Waals surface area contributed by atoms with Gasteiger partial charge in [0.2, 0.25) is 27.6 Å². The Balaban J connectivity index is 1.40. The number of hydrogen-bond acceptors (Lipinski definition) is 7. The molecule has 1 heterocycles. The summed E-state index contributed by atoms with van der Waals surface area (Å²) in [5.41, 5.74) is 1.00. The minimum absolute atomic E-state index is 0.0275. The van der Waals surface area contributed by atoms with E-state index in [1.807, 2.05) is 58.9 Å². The maximum atomic E-state index is 14.8. The van der Waals surface area contributed by atoms with Crippen molar-refractivity contribution in [2.45, 2.75) is 116 Å². The number of Topliss-reactive ketones (excluding diaryl/α,β-unsaturated/α-hetero) is 1. The van der Waals surface area contributed by atoms with Gasteiger partial charge < -0.3 is 26.2 Å². The fraction of sp³-hybridized carbons (Fsp3) is 0.711. The number of fused-ring (bicyclic) bond motifs is 2. The molecule has 1 saturated heterocycles. The van der Waals surface area contributed by atoms with Crippen LogP contribution >= 0.6 is 0 Å². The highest BCUT2D eigenvalue weighted by Gasteiger charge is 2.70. The minimum atomic E-state index is -4.65. The topological polar surface area (TPSA) is 174 Å². The summed E-state index contributed by atoms with van der Waals surface area (Å²) in [6.45, 7) is 11.1. The molecule has 1 aliphatic heterocycles. The van der Waals surface area contributed by atoms with Crippen LogP contribution in [0.25, 0.3) is 0 Å². The summed E-state index contributed by atoms with van der Waals surface area (Å²) < 4.78 is 66.4. The van der Waals surface area contributed by atoms with Crippen LogP contribution in [-0.4, -0.2) is 109 Å². The van der Waals surface area contributed by atoms with Gasteiger partial charge in [0, 0.05) is 38.6 Å². The lowest BCUT2D eigenvalue weighted by atomic mass is 9.86. The lowest BCUT2D eigenvalue weighted by Gasteiger charge is -2.37. The third-order valence-corrected chi connectivity index (χ3v) is 13.8. The summed E-state index contributed by atoms with van der Waals surface area (Å²) in [5.74, 6) is -4.71.